The number of rotatable bonds is 2. The highest BCUT2D eigenvalue weighted by atomic mass is 79.9. The zero-order chi connectivity index (χ0) is 11.5. The average molecular weight is 299 g/mol. The van der Waals surface area contributed by atoms with E-state index in [4.69, 9.17) is 17.3 Å². The van der Waals surface area contributed by atoms with Crippen molar-refractivity contribution in [1.82, 2.24) is 4.98 Å². The van der Waals surface area contributed by atoms with Crippen LogP contribution in [0.2, 0.25) is 5.02 Å². The molecule has 3 nitrogen and oxygen atoms in total. The molecule has 0 spiro atoms. The third-order valence-electron chi connectivity index (χ3n) is 2.00. The average Bonchev–Trinajstić information content (AvgIpc) is 2.28. The number of hydrogen-bond donors (Lipinski definition) is 2. The third kappa shape index (κ3) is 2.46. The molecule has 0 saturated heterocycles. The third-order valence-corrected chi connectivity index (χ3v) is 3.40. The molecule has 0 aliphatic carbocycles. The van der Waals surface area contributed by atoms with E-state index in [0.29, 0.717) is 10.7 Å². The first-order valence-electron chi connectivity index (χ1n) is 4.59. The van der Waals surface area contributed by atoms with Crippen LogP contribution in [0.4, 0.5) is 17.2 Å². The number of aromatic nitrogens is 1. The number of nitrogens with two attached hydrogens (primary N) is 1. The van der Waals surface area contributed by atoms with Crippen LogP contribution >= 0.6 is 27.5 Å². The van der Waals surface area contributed by atoms with Gasteiger partial charge in [-0.1, -0.05) is 17.7 Å². The molecule has 0 bridgehead atoms. The van der Waals surface area contributed by atoms with Gasteiger partial charge >= 0.3 is 0 Å². The Morgan fingerprint density at radius 1 is 1.25 bits per heavy atom. The maximum Gasteiger partial charge on any atom is 0.130 e. The fourth-order valence-electron chi connectivity index (χ4n) is 1.22. The van der Waals surface area contributed by atoms with Gasteiger partial charge in [0.05, 0.1) is 27.1 Å². The minimum absolute atomic E-state index is 0.635. The smallest absolute Gasteiger partial charge is 0.130 e. The molecule has 2 rings (SSSR count). The van der Waals surface area contributed by atoms with Crippen molar-refractivity contribution >= 4 is 44.7 Å². The Hall–Kier alpha value is -1.26. The molecule has 2 aromatic rings. The van der Waals surface area contributed by atoms with E-state index >= 15 is 0 Å². The lowest BCUT2D eigenvalue weighted by molar-refractivity contribution is 1.31. The predicted molar refractivity (Wildman–Crippen MR) is 71.1 cm³/mol. The molecule has 1 aromatic heterocycles. The molecule has 0 unspecified atom stereocenters. The maximum atomic E-state index is 5.98. The SMILES string of the molecule is Nc1ccc(Nc2cccc(Cl)c2Br)nc1. The lowest BCUT2D eigenvalue weighted by Gasteiger charge is -2.08. The van der Waals surface area contributed by atoms with Crippen molar-refractivity contribution in [1.29, 1.82) is 0 Å². The molecule has 0 fully saturated rings. The summed E-state index contributed by atoms with van der Waals surface area (Å²) in [4.78, 5) is 4.14. The Balaban J connectivity index is 2.27. The number of nitrogens with one attached hydrogen (secondary N) is 1. The van der Waals surface area contributed by atoms with Crippen LogP contribution in [0.5, 0.6) is 0 Å². The number of nitrogens with zero attached hydrogens (tertiary/aromatic N) is 1. The molecular weight excluding hydrogens is 289 g/mol. The van der Waals surface area contributed by atoms with Gasteiger partial charge in [0.25, 0.3) is 0 Å². The summed E-state index contributed by atoms with van der Waals surface area (Å²) in [7, 11) is 0. The molecule has 0 saturated carbocycles. The molecule has 0 aliphatic heterocycles. The van der Waals surface area contributed by atoms with Crippen molar-refractivity contribution in [2.75, 3.05) is 11.1 Å². The first-order valence-corrected chi connectivity index (χ1v) is 5.76. The zero-order valence-electron chi connectivity index (χ0n) is 8.24. The highest BCUT2D eigenvalue weighted by Crippen LogP contribution is 2.31. The summed E-state index contributed by atoms with van der Waals surface area (Å²) < 4.78 is 0.815. The highest BCUT2D eigenvalue weighted by Gasteiger charge is 2.04. The molecule has 0 amide bonds. The number of pyridine rings is 1. The number of anilines is 3. The van der Waals surface area contributed by atoms with Gasteiger partial charge in [-0.2, -0.15) is 0 Å². The van der Waals surface area contributed by atoms with Crippen LogP contribution in [0.15, 0.2) is 41.0 Å². The highest BCUT2D eigenvalue weighted by molar-refractivity contribution is 9.10. The molecule has 1 aromatic carbocycles. The summed E-state index contributed by atoms with van der Waals surface area (Å²) in [5.74, 6) is 0.720. The lowest BCUT2D eigenvalue weighted by atomic mass is 10.3. The van der Waals surface area contributed by atoms with Gasteiger partial charge in [-0.15, -0.1) is 0 Å². The van der Waals surface area contributed by atoms with E-state index in [9.17, 15) is 0 Å². The Kier molecular flexibility index (Phi) is 3.31. The van der Waals surface area contributed by atoms with Crippen molar-refractivity contribution < 1.29 is 0 Å². The summed E-state index contributed by atoms with van der Waals surface area (Å²) in [5, 5.41) is 3.80. The van der Waals surface area contributed by atoms with Crippen molar-refractivity contribution in [2.24, 2.45) is 0 Å². The molecule has 16 heavy (non-hydrogen) atoms. The van der Waals surface area contributed by atoms with Crippen LogP contribution in [-0.4, -0.2) is 4.98 Å². The first-order chi connectivity index (χ1) is 7.66. The normalized spacial score (nSPS) is 10.1. The van der Waals surface area contributed by atoms with Gasteiger partial charge in [-0.25, -0.2) is 4.98 Å². The molecule has 0 radical (unpaired) electrons. The van der Waals surface area contributed by atoms with E-state index in [2.05, 4.69) is 26.2 Å². The Labute approximate surface area is 107 Å². The monoisotopic (exact) mass is 297 g/mol. The summed E-state index contributed by atoms with van der Waals surface area (Å²) in [5.41, 5.74) is 7.05. The van der Waals surface area contributed by atoms with Crippen LogP contribution < -0.4 is 11.1 Å². The van der Waals surface area contributed by atoms with Crippen molar-refractivity contribution in [3.63, 3.8) is 0 Å². The van der Waals surface area contributed by atoms with E-state index in [0.717, 1.165) is 16.0 Å². The van der Waals surface area contributed by atoms with Gasteiger partial charge in [0.1, 0.15) is 5.82 Å². The summed E-state index contributed by atoms with van der Waals surface area (Å²) >= 11 is 9.38. The van der Waals surface area contributed by atoms with Gasteiger partial charge in [0, 0.05) is 0 Å². The fraction of sp³-hybridized carbons (Fsp3) is 0. The second-order valence-electron chi connectivity index (χ2n) is 3.20. The molecule has 0 aliphatic rings. The quantitative estimate of drug-likeness (QED) is 0.886. The molecule has 3 N–H and O–H groups in total. The summed E-state index contributed by atoms with van der Waals surface area (Å²) in [6, 6.07) is 9.18. The lowest BCUT2D eigenvalue weighted by Crippen LogP contribution is -1.95. The zero-order valence-corrected chi connectivity index (χ0v) is 10.6. The summed E-state index contributed by atoms with van der Waals surface area (Å²) in [6.45, 7) is 0. The van der Waals surface area contributed by atoms with Crippen molar-refractivity contribution in [3.05, 3.63) is 46.0 Å². The van der Waals surface area contributed by atoms with E-state index in [1.165, 1.54) is 0 Å². The summed E-state index contributed by atoms with van der Waals surface area (Å²) in [6.07, 6.45) is 1.60. The largest absolute Gasteiger partial charge is 0.397 e. The van der Waals surface area contributed by atoms with Gasteiger partial charge in [0.2, 0.25) is 0 Å². The van der Waals surface area contributed by atoms with E-state index in [-0.39, 0.29) is 0 Å². The van der Waals surface area contributed by atoms with Crippen LogP contribution in [0.25, 0.3) is 0 Å². The van der Waals surface area contributed by atoms with E-state index in [1.807, 2.05) is 24.3 Å². The predicted octanol–water partition coefficient (Wildman–Crippen LogP) is 3.82. The minimum Gasteiger partial charge on any atom is -0.397 e. The topological polar surface area (TPSA) is 50.9 Å². The van der Waals surface area contributed by atoms with Crippen LogP contribution in [-0.2, 0) is 0 Å². The van der Waals surface area contributed by atoms with Crippen LogP contribution in [0.3, 0.4) is 0 Å². The van der Waals surface area contributed by atoms with Crippen molar-refractivity contribution in [2.45, 2.75) is 0 Å². The van der Waals surface area contributed by atoms with E-state index < -0.39 is 0 Å². The van der Waals surface area contributed by atoms with Crippen LogP contribution in [0, 0.1) is 0 Å². The number of nitrogen functional groups attached to an aromatic ring is 1. The molecule has 82 valence electrons. The first kappa shape index (κ1) is 11.2. The Bertz CT molecular complexity index is 499. The maximum absolute atomic E-state index is 5.98. The molecule has 5 heteroatoms. The molecular formula is C11H9BrClN3. The minimum atomic E-state index is 0.635. The Morgan fingerprint density at radius 3 is 2.75 bits per heavy atom. The van der Waals surface area contributed by atoms with Crippen LogP contribution in [0.1, 0.15) is 0 Å². The number of hydrogen-bond acceptors (Lipinski definition) is 3. The van der Waals surface area contributed by atoms with Gasteiger partial charge in [-0.05, 0) is 40.2 Å². The second-order valence-corrected chi connectivity index (χ2v) is 4.40. The van der Waals surface area contributed by atoms with Gasteiger partial charge in [0.15, 0.2) is 0 Å². The molecule has 1 heterocycles. The second kappa shape index (κ2) is 4.72. The van der Waals surface area contributed by atoms with Crippen molar-refractivity contribution in [3.8, 4) is 0 Å². The number of halogens is 2. The number of benzene rings is 1. The molecule has 0 atom stereocenters. The standard InChI is InChI=1S/C11H9BrClN3/c12-11-8(13)2-1-3-9(11)16-10-5-4-7(14)6-15-10/h1-6H,14H2,(H,15,16). The van der Waals surface area contributed by atoms with Gasteiger partial charge < -0.3 is 11.1 Å². The fourth-order valence-corrected chi connectivity index (χ4v) is 1.76. The van der Waals surface area contributed by atoms with Gasteiger partial charge in [-0.3, -0.25) is 0 Å². The Morgan fingerprint density at radius 2 is 2.06 bits per heavy atom. The van der Waals surface area contributed by atoms with E-state index in [1.54, 1.807) is 12.3 Å².